The van der Waals surface area contributed by atoms with Gasteiger partial charge < -0.3 is 10.0 Å². The molecule has 0 bridgehead atoms. The molecule has 0 fully saturated rings. The van der Waals surface area contributed by atoms with Gasteiger partial charge in [-0.1, -0.05) is 12.2 Å². The molecule has 3 nitrogen and oxygen atoms in total. The fourth-order valence-corrected chi connectivity index (χ4v) is 1.13. The van der Waals surface area contributed by atoms with Gasteiger partial charge in [-0.3, -0.25) is 4.79 Å². The highest BCUT2D eigenvalue weighted by Gasteiger charge is 2.19. The fourth-order valence-electron chi connectivity index (χ4n) is 1.13. The molecule has 0 aromatic heterocycles. The van der Waals surface area contributed by atoms with Crippen molar-refractivity contribution in [3.63, 3.8) is 0 Å². The molecule has 0 saturated carbocycles. The van der Waals surface area contributed by atoms with Crippen molar-refractivity contribution < 1.29 is 9.90 Å². The van der Waals surface area contributed by atoms with Crippen molar-refractivity contribution in [2.24, 2.45) is 0 Å². The second-order valence-corrected chi connectivity index (χ2v) is 3.06. The lowest BCUT2D eigenvalue weighted by atomic mass is 9.98. The lowest BCUT2D eigenvalue weighted by Gasteiger charge is -2.15. The van der Waals surface area contributed by atoms with Crippen LogP contribution in [0.2, 0.25) is 0 Å². The van der Waals surface area contributed by atoms with Crippen LogP contribution in [0, 0.1) is 0 Å². The normalized spacial score (nSPS) is 26.4. The number of hydrogen-bond donors (Lipinski definition) is 1. The monoisotopic (exact) mass is 167 g/mol. The summed E-state index contributed by atoms with van der Waals surface area (Å²) in [7, 11) is 3.70. The molecule has 1 unspecified atom stereocenters. The maximum atomic E-state index is 11.3. The van der Waals surface area contributed by atoms with Crippen molar-refractivity contribution >= 4 is 5.78 Å². The summed E-state index contributed by atoms with van der Waals surface area (Å²) in [6.45, 7) is 0. The van der Waals surface area contributed by atoms with Crippen LogP contribution in [0.3, 0.4) is 0 Å². The average molecular weight is 167 g/mol. The molecule has 1 N–H and O–H groups in total. The lowest BCUT2D eigenvalue weighted by molar-refractivity contribution is -0.121. The number of aliphatic hydroxyl groups excluding tert-OH is 1. The van der Waals surface area contributed by atoms with E-state index in [1.807, 2.05) is 14.1 Å². The lowest BCUT2D eigenvalue weighted by Crippen LogP contribution is -2.23. The van der Waals surface area contributed by atoms with Crippen molar-refractivity contribution in [2.75, 3.05) is 14.1 Å². The summed E-state index contributed by atoms with van der Waals surface area (Å²) in [5.74, 6) is -0.189. The van der Waals surface area contributed by atoms with Gasteiger partial charge in [0.1, 0.15) is 6.10 Å². The molecule has 12 heavy (non-hydrogen) atoms. The quantitative estimate of drug-likeness (QED) is 0.451. The summed E-state index contributed by atoms with van der Waals surface area (Å²) < 4.78 is 0. The minimum absolute atomic E-state index is 0.189. The van der Waals surface area contributed by atoms with Gasteiger partial charge in [-0.05, 0) is 6.42 Å². The van der Waals surface area contributed by atoms with Crippen molar-refractivity contribution in [1.29, 1.82) is 0 Å². The summed E-state index contributed by atoms with van der Waals surface area (Å²) in [6, 6.07) is 0. The smallest absolute Gasteiger partial charge is 0.192 e. The molecule has 0 aromatic rings. The van der Waals surface area contributed by atoms with Gasteiger partial charge in [-0.25, -0.2) is 0 Å². The van der Waals surface area contributed by atoms with Gasteiger partial charge in [-0.2, -0.15) is 0 Å². The predicted octanol–water partition coefficient (Wildman–Crippen LogP) is 0.322. The Morgan fingerprint density at radius 3 is 2.92 bits per heavy atom. The van der Waals surface area contributed by atoms with Gasteiger partial charge >= 0.3 is 0 Å². The Balaban J connectivity index is 2.81. The maximum absolute atomic E-state index is 11.3. The van der Waals surface area contributed by atoms with E-state index in [1.54, 1.807) is 17.2 Å². The highest BCUT2D eigenvalue weighted by Crippen LogP contribution is 2.13. The predicted molar refractivity (Wildman–Crippen MR) is 46.5 cm³/mol. The van der Waals surface area contributed by atoms with E-state index in [4.69, 9.17) is 5.11 Å². The first kappa shape index (κ1) is 9.00. The Bertz CT molecular complexity index is 241. The Kier molecular flexibility index (Phi) is 2.65. The molecule has 66 valence electrons. The number of Topliss-reactive ketones (excluding diaryl/α,β-unsaturated/α-hetero) is 1. The molecule has 0 saturated heterocycles. The van der Waals surface area contributed by atoms with Gasteiger partial charge in [0, 0.05) is 25.9 Å². The van der Waals surface area contributed by atoms with Crippen LogP contribution in [0.4, 0.5) is 0 Å². The summed E-state index contributed by atoms with van der Waals surface area (Å²) in [5.41, 5.74) is 0.662. The van der Waals surface area contributed by atoms with Crippen LogP contribution in [0.25, 0.3) is 0 Å². The van der Waals surface area contributed by atoms with Crippen molar-refractivity contribution in [2.45, 2.75) is 12.5 Å². The van der Waals surface area contributed by atoms with Crippen LogP contribution >= 0.6 is 0 Å². The van der Waals surface area contributed by atoms with E-state index >= 15 is 0 Å². The van der Waals surface area contributed by atoms with Crippen molar-refractivity contribution in [3.05, 3.63) is 23.9 Å². The van der Waals surface area contributed by atoms with Crippen LogP contribution in [0.5, 0.6) is 0 Å². The molecule has 3 heteroatoms. The van der Waals surface area contributed by atoms with E-state index in [0.29, 0.717) is 12.0 Å². The third kappa shape index (κ3) is 1.95. The molecule has 0 heterocycles. The standard InChI is InChI=1S/C9H13NO2/c1-10(2)6-7-4-3-5-8(11)9(7)12/h3,5-6,8,11H,4H2,1-2H3. The molecule has 0 aromatic carbocycles. The largest absolute Gasteiger partial charge is 0.383 e. The molecule has 1 aliphatic carbocycles. The summed E-state index contributed by atoms with van der Waals surface area (Å²) in [6.07, 6.45) is 4.75. The Labute approximate surface area is 72.0 Å². The van der Waals surface area contributed by atoms with E-state index in [-0.39, 0.29) is 5.78 Å². The second-order valence-electron chi connectivity index (χ2n) is 3.06. The number of carbonyl (C=O) groups excluding carboxylic acids is 1. The topological polar surface area (TPSA) is 40.5 Å². The van der Waals surface area contributed by atoms with E-state index in [2.05, 4.69) is 0 Å². The summed E-state index contributed by atoms with van der Waals surface area (Å²) in [5, 5.41) is 9.17. The molecule has 0 radical (unpaired) electrons. The molecule has 0 amide bonds. The Morgan fingerprint density at radius 1 is 1.67 bits per heavy atom. The van der Waals surface area contributed by atoms with Crippen LogP contribution in [-0.2, 0) is 4.79 Å². The van der Waals surface area contributed by atoms with Gasteiger partial charge in [0.2, 0.25) is 0 Å². The molecule has 1 rings (SSSR count). The number of nitrogens with zero attached hydrogens (tertiary/aromatic N) is 1. The summed E-state index contributed by atoms with van der Waals surface area (Å²) >= 11 is 0. The zero-order chi connectivity index (χ0) is 9.14. The van der Waals surface area contributed by atoms with Gasteiger partial charge in [0.05, 0.1) is 0 Å². The Morgan fingerprint density at radius 2 is 2.33 bits per heavy atom. The van der Waals surface area contributed by atoms with E-state index in [9.17, 15) is 4.79 Å². The highest BCUT2D eigenvalue weighted by molar-refractivity contribution is 6.00. The minimum Gasteiger partial charge on any atom is -0.383 e. The zero-order valence-electron chi connectivity index (χ0n) is 7.32. The van der Waals surface area contributed by atoms with Gasteiger partial charge in [0.25, 0.3) is 0 Å². The van der Waals surface area contributed by atoms with Crippen LogP contribution in [-0.4, -0.2) is 36.0 Å². The van der Waals surface area contributed by atoms with Gasteiger partial charge in [0.15, 0.2) is 5.78 Å². The Hall–Kier alpha value is -1.09. The first-order chi connectivity index (χ1) is 5.61. The number of rotatable bonds is 1. The summed E-state index contributed by atoms with van der Waals surface area (Å²) in [4.78, 5) is 13.1. The first-order valence-electron chi connectivity index (χ1n) is 3.87. The van der Waals surface area contributed by atoms with E-state index < -0.39 is 6.10 Å². The second kappa shape index (κ2) is 3.54. The zero-order valence-corrected chi connectivity index (χ0v) is 7.32. The number of aliphatic hydroxyl groups is 1. The van der Waals surface area contributed by atoms with E-state index in [1.165, 1.54) is 6.08 Å². The molecule has 0 aliphatic heterocycles. The number of carbonyl (C=O) groups is 1. The third-order valence-corrected chi connectivity index (χ3v) is 1.66. The third-order valence-electron chi connectivity index (χ3n) is 1.66. The molecule has 1 atom stereocenters. The number of hydrogen-bond acceptors (Lipinski definition) is 3. The van der Waals surface area contributed by atoms with Crippen LogP contribution < -0.4 is 0 Å². The van der Waals surface area contributed by atoms with Gasteiger partial charge in [-0.15, -0.1) is 0 Å². The molecular formula is C9H13NO2. The number of ketones is 1. The fraction of sp³-hybridized carbons (Fsp3) is 0.444. The molecular weight excluding hydrogens is 154 g/mol. The van der Waals surface area contributed by atoms with Crippen LogP contribution in [0.15, 0.2) is 23.9 Å². The minimum atomic E-state index is -0.940. The van der Waals surface area contributed by atoms with Crippen LogP contribution in [0.1, 0.15) is 6.42 Å². The molecule has 0 spiro atoms. The van der Waals surface area contributed by atoms with E-state index in [0.717, 1.165) is 0 Å². The highest BCUT2D eigenvalue weighted by atomic mass is 16.3. The number of allylic oxidation sites excluding steroid dienone is 1. The average Bonchev–Trinajstić information content (AvgIpc) is 1.98. The molecule has 1 aliphatic rings. The maximum Gasteiger partial charge on any atom is 0.192 e. The first-order valence-corrected chi connectivity index (χ1v) is 3.87. The SMILES string of the molecule is CN(C)C=C1CC=CC(O)C1=O. The van der Waals surface area contributed by atoms with Crippen molar-refractivity contribution in [3.8, 4) is 0 Å². The van der Waals surface area contributed by atoms with Crippen molar-refractivity contribution in [1.82, 2.24) is 4.90 Å².